The van der Waals surface area contributed by atoms with Gasteiger partial charge in [0.15, 0.2) is 0 Å². The molecule has 1 aromatic heterocycles. The molecular weight excluding hydrogens is 488 g/mol. The van der Waals surface area contributed by atoms with E-state index >= 15 is 0 Å². The number of nitrogens with zero attached hydrogens (tertiary/aromatic N) is 2. The number of piperidine rings is 1. The molecule has 39 heavy (non-hydrogen) atoms. The number of benzene rings is 2. The first-order valence-electron chi connectivity index (χ1n) is 14.0. The minimum atomic E-state index is -0.514. The number of hydrogen-bond acceptors (Lipinski definition) is 5. The van der Waals surface area contributed by atoms with Gasteiger partial charge in [-0.05, 0) is 48.9 Å². The third-order valence-electron chi connectivity index (χ3n) is 7.64. The number of ether oxygens (including phenoxy) is 1. The summed E-state index contributed by atoms with van der Waals surface area (Å²) >= 11 is 0. The molecule has 0 spiro atoms. The fraction of sp³-hybridized carbons (Fsp3) is 0.406. The number of carbonyl (C=O) groups is 2. The zero-order valence-electron chi connectivity index (χ0n) is 22.8. The lowest BCUT2D eigenvalue weighted by molar-refractivity contribution is -0.134. The molecule has 1 saturated carbocycles. The largest absolute Gasteiger partial charge is 0.489 e. The molecule has 3 aromatic rings. The van der Waals surface area contributed by atoms with E-state index in [0.29, 0.717) is 24.0 Å². The molecule has 7 nitrogen and oxygen atoms in total. The highest BCUT2D eigenvalue weighted by molar-refractivity contribution is 5.94. The molecule has 2 N–H and O–H groups in total. The van der Waals surface area contributed by atoms with Crippen molar-refractivity contribution < 1.29 is 14.3 Å². The van der Waals surface area contributed by atoms with Crippen LogP contribution < -0.4 is 15.4 Å². The molecule has 1 aliphatic carbocycles. The van der Waals surface area contributed by atoms with Crippen LogP contribution in [0.25, 0.3) is 0 Å². The highest BCUT2D eigenvalue weighted by atomic mass is 16.5. The van der Waals surface area contributed by atoms with Gasteiger partial charge in [-0.1, -0.05) is 67.1 Å². The topological polar surface area (TPSA) is 83.6 Å². The van der Waals surface area contributed by atoms with Gasteiger partial charge in [-0.15, -0.1) is 0 Å². The number of amides is 2. The number of aromatic nitrogens is 1. The van der Waals surface area contributed by atoms with Gasteiger partial charge < -0.3 is 20.3 Å². The molecule has 0 radical (unpaired) electrons. The molecular formula is C32H38N4O3. The standard InChI is InChI=1S/C32H38N4O3/c1-22-8-10-24(11-9-22)23(2)20-34-30(25-6-4-3-5-7-25)31(37)35-29-15-14-28(21-33-29)39-27-16-18-36(19-17-27)32(38)26-12-13-26/h3-11,14-15,21,23,26-27,30,34H,12-13,16-20H2,1-2H3,(H,33,35,37)/t23-,30+/m1/s1. The fourth-order valence-corrected chi connectivity index (χ4v) is 5.01. The maximum absolute atomic E-state index is 13.4. The second-order valence-electron chi connectivity index (χ2n) is 10.8. The zero-order chi connectivity index (χ0) is 27.2. The van der Waals surface area contributed by atoms with Gasteiger partial charge in [0.25, 0.3) is 0 Å². The molecule has 0 bridgehead atoms. The normalized spacial score (nSPS) is 17.3. The number of anilines is 1. The number of carbonyl (C=O) groups excluding carboxylic acids is 2. The van der Waals surface area contributed by atoms with E-state index in [-0.39, 0.29) is 23.8 Å². The summed E-state index contributed by atoms with van der Waals surface area (Å²) < 4.78 is 6.12. The van der Waals surface area contributed by atoms with Crippen molar-refractivity contribution in [3.8, 4) is 5.75 Å². The maximum Gasteiger partial charge on any atom is 0.247 e. The Labute approximate surface area is 231 Å². The highest BCUT2D eigenvalue weighted by Gasteiger charge is 2.35. The lowest BCUT2D eigenvalue weighted by Gasteiger charge is -2.32. The van der Waals surface area contributed by atoms with Gasteiger partial charge in [0, 0.05) is 38.4 Å². The van der Waals surface area contributed by atoms with Crippen LogP contribution in [0.1, 0.15) is 61.3 Å². The number of hydrogen-bond donors (Lipinski definition) is 2. The number of nitrogens with one attached hydrogen (secondary N) is 2. The SMILES string of the molecule is Cc1ccc([C@H](C)CN[C@H](C(=O)Nc2ccc(OC3CCN(C(=O)C4CC4)CC3)cn2)c2ccccc2)cc1. The van der Waals surface area contributed by atoms with Crippen molar-refractivity contribution >= 4 is 17.6 Å². The van der Waals surface area contributed by atoms with E-state index in [4.69, 9.17) is 4.74 Å². The van der Waals surface area contributed by atoms with Crippen molar-refractivity contribution in [2.45, 2.75) is 57.6 Å². The molecule has 7 heteroatoms. The predicted molar refractivity (Wildman–Crippen MR) is 153 cm³/mol. The molecule has 2 amide bonds. The molecule has 0 unspecified atom stereocenters. The first-order valence-corrected chi connectivity index (χ1v) is 14.0. The van der Waals surface area contributed by atoms with Gasteiger partial charge >= 0.3 is 0 Å². The Morgan fingerprint density at radius 2 is 1.67 bits per heavy atom. The van der Waals surface area contributed by atoms with Crippen LogP contribution in [-0.2, 0) is 9.59 Å². The number of rotatable bonds is 10. The number of aryl methyl sites for hydroxylation is 1. The molecule has 2 aliphatic rings. The molecule has 2 aromatic carbocycles. The average molecular weight is 527 g/mol. The molecule has 2 fully saturated rings. The van der Waals surface area contributed by atoms with Crippen LogP contribution in [0, 0.1) is 12.8 Å². The highest BCUT2D eigenvalue weighted by Crippen LogP contribution is 2.32. The van der Waals surface area contributed by atoms with Crippen LogP contribution in [0.2, 0.25) is 0 Å². The van der Waals surface area contributed by atoms with Gasteiger partial charge in [-0.25, -0.2) is 4.98 Å². The smallest absolute Gasteiger partial charge is 0.247 e. The van der Waals surface area contributed by atoms with Crippen LogP contribution in [0.15, 0.2) is 72.9 Å². The first-order chi connectivity index (χ1) is 19.0. The summed E-state index contributed by atoms with van der Waals surface area (Å²) in [5, 5.41) is 6.43. The maximum atomic E-state index is 13.4. The Bertz CT molecular complexity index is 1230. The van der Waals surface area contributed by atoms with Crippen LogP contribution in [0.4, 0.5) is 5.82 Å². The van der Waals surface area contributed by atoms with Crippen molar-refractivity contribution in [3.63, 3.8) is 0 Å². The van der Waals surface area contributed by atoms with Crippen LogP contribution in [-0.4, -0.2) is 47.4 Å². The summed E-state index contributed by atoms with van der Waals surface area (Å²) in [6.45, 7) is 6.39. The van der Waals surface area contributed by atoms with Crippen molar-refractivity contribution in [2.75, 3.05) is 25.0 Å². The second-order valence-corrected chi connectivity index (χ2v) is 10.8. The van der Waals surface area contributed by atoms with Gasteiger partial charge in [-0.3, -0.25) is 9.59 Å². The minimum Gasteiger partial charge on any atom is -0.489 e. The van der Waals surface area contributed by atoms with E-state index in [1.54, 1.807) is 12.3 Å². The van der Waals surface area contributed by atoms with Gasteiger partial charge in [0.1, 0.15) is 23.7 Å². The number of pyridine rings is 1. The van der Waals surface area contributed by atoms with Crippen molar-refractivity contribution in [1.82, 2.24) is 15.2 Å². The van der Waals surface area contributed by atoms with E-state index in [9.17, 15) is 9.59 Å². The van der Waals surface area contributed by atoms with E-state index < -0.39 is 6.04 Å². The molecule has 2 heterocycles. The number of likely N-dealkylation sites (tertiary alicyclic amines) is 1. The van der Waals surface area contributed by atoms with E-state index in [1.807, 2.05) is 41.3 Å². The van der Waals surface area contributed by atoms with Gasteiger partial charge in [0.2, 0.25) is 11.8 Å². The Hall–Kier alpha value is -3.71. The lowest BCUT2D eigenvalue weighted by atomic mass is 9.98. The van der Waals surface area contributed by atoms with E-state index in [1.165, 1.54) is 11.1 Å². The quantitative estimate of drug-likeness (QED) is 0.377. The summed E-state index contributed by atoms with van der Waals surface area (Å²) in [4.78, 5) is 32.1. The summed E-state index contributed by atoms with van der Waals surface area (Å²) in [5.74, 6) is 1.81. The summed E-state index contributed by atoms with van der Waals surface area (Å²) in [6.07, 6.45) is 5.45. The van der Waals surface area contributed by atoms with E-state index in [2.05, 4.69) is 53.7 Å². The molecule has 204 valence electrons. The van der Waals surface area contributed by atoms with Crippen LogP contribution in [0.3, 0.4) is 0 Å². The van der Waals surface area contributed by atoms with Gasteiger partial charge in [0.05, 0.1) is 6.20 Å². The van der Waals surface area contributed by atoms with Crippen molar-refractivity contribution in [1.29, 1.82) is 0 Å². The van der Waals surface area contributed by atoms with Gasteiger partial charge in [-0.2, -0.15) is 0 Å². The lowest BCUT2D eigenvalue weighted by Crippen LogP contribution is -2.42. The Balaban J connectivity index is 1.16. The molecule has 5 rings (SSSR count). The Kier molecular flexibility index (Phi) is 8.57. The summed E-state index contributed by atoms with van der Waals surface area (Å²) in [7, 11) is 0. The fourth-order valence-electron chi connectivity index (χ4n) is 5.01. The Morgan fingerprint density at radius 1 is 0.949 bits per heavy atom. The van der Waals surface area contributed by atoms with Crippen molar-refractivity contribution in [3.05, 3.63) is 89.6 Å². The summed E-state index contributed by atoms with van der Waals surface area (Å²) in [5.41, 5.74) is 3.37. The average Bonchev–Trinajstić information content (AvgIpc) is 3.81. The molecule has 1 aliphatic heterocycles. The Morgan fingerprint density at radius 3 is 2.31 bits per heavy atom. The predicted octanol–water partition coefficient (Wildman–Crippen LogP) is 5.24. The van der Waals surface area contributed by atoms with Crippen molar-refractivity contribution in [2.24, 2.45) is 5.92 Å². The monoisotopic (exact) mass is 526 g/mol. The van der Waals surface area contributed by atoms with Crippen LogP contribution >= 0.6 is 0 Å². The zero-order valence-corrected chi connectivity index (χ0v) is 22.8. The second kappa shape index (κ2) is 12.4. The summed E-state index contributed by atoms with van der Waals surface area (Å²) in [6, 6.07) is 21.4. The minimum absolute atomic E-state index is 0.0673. The third-order valence-corrected chi connectivity index (χ3v) is 7.64. The van der Waals surface area contributed by atoms with Crippen LogP contribution in [0.5, 0.6) is 5.75 Å². The molecule has 1 saturated heterocycles. The molecule has 2 atom stereocenters. The third kappa shape index (κ3) is 7.24. The van der Waals surface area contributed by atoms with E-state index in [0.717, 1.165) is 44.3 Å². The first kappa shape index (κ1) is 26.9.